The lowest BCUT2D eigenvalue weighted by atomic mass is 9.81. The maximum Gasteiger partial charge on any atom is 0.139 e. The lowest BCUT2D eigenvalue weighted by Gasteiger charge is -2.23. The molecule has 24 heavy (non-hydrogen) atoms. The normalized spacial score (nSPS) is 11.9. The summed E-state index contributed by atoms with van der Waals surface area (Å²) in [7, 11) is 0. The molecule has 1 aromatic heterocycles. The monoisotopic (exact) mass is 339 g/mol. The molecule has 0 saturated carbocycles. The van der Waals surface area contributed by atoms with Crippen LogP contribution in [0.5, 0.6) is 0 Å². The summed E-state index contributed by atoms with van der Waals surface area (Å²) in [6.45, 7) is 9.09. The third-order valence-electron chi connectivity index (χ3n) is 4.55. The quantitative estimate of drug-likeness (QED) is 0.555. The Morgan fingerprint density at radius 1 is 1.12 bits per heavy atom. The van der Waals surface area contributed by atoms with Gasteiger partial charge >= 0.3 is 0 Å². The zero-order valence-corrected chi connectivity index (χ0v) is 15.3. The Morgan fingerprint density at radius 2 is 1.83 bits per heavy atom. The number of aldehydes is 1. The second-order valence-electron chi connectivity index (χ2n) is 7.19. The van der Waals surface area contributed by atoms with Crippen LogP contribution in [0.25, 0.3) is 22.0 Å². The minimum absolute atomic E-state index is 0.0285. The van der Waals surface area contributed by atoms with Gasteiger partial charge in [0, 0.05) is 27.2 Å². The van der Waals surface area contributed by atoms with E-state index in [0.717, 1.165) is 22.9 Å². The first-order valence-corrected chi connectivity index (χ1v) is 8.54. The largest absolute Gasteiger partial charge is 0.337 e. The Balaban J connectivity index is 2.42. The highest BCUT2D eigenvalue weighted by Crippen LogP contribution is 2.40. The van der Waals surface area contributed by atoms with Crippen molar-refractivity contribution < 1.29 is 4.79 Å². The average molecular weight is 340 g/mol. The van der Waals surface area contributed by atoms with E-state index in [4.69, 9.17) is 11.6 Å². The first-order valence-electron chi connectivity index (χ1n) is 8.16. The van der Waals surface area contributed by atoms with Crippen LogP contribution in [0.4, 0.5) is 0 Å². The van der Waals surface area contributed by atoms with Crippen molar-refractivity contribution in [3.05, 3.63) is 58.7 Å². The molecule has 124 valence electrons. The lowest BCUT2D eigenvalue weighted by Crippen LogP contribution is -2.12. The topological polar surface area (TPSA) is 22.0 Å². The van der Waals surface area contributed by atoms with E-state index in [2.05, 4.69) is 56.5 Å². The summed E-state index contributed by atoms with van der Waals surface area (Å²) in [4.78, 5) is 11.2. The van der Waals surface area contributed by atoms with Crippen molar-refractivity contribution in [1.82, 2.24) is 4.57 Å². The molecule has 0 aliphatic carbocycles. The molecular formula is C21H22ClNO. The van der Waals surface area contributed by atoms with Crippen molar-refractivity contribution in [2.75, 3.05) is 0 Å². The van der Waals surface area contributed by atoms with Crippen LogP contribution in [0.3, 0.4) is 0 Å². The molecule has 0 spiro atoms. The fourth-order valence-electron chi connectivity index (χ4n) is 3.46. The summed E-state index contributed by atoms with van der Waals surface area (Å²) in [6.07, 6.45) is 0.945. The van der Waals surface area contributed by atoms with E-state index in [-0.39, 0.29) is 5.41 Å². The predicted molar refractivity (Wildman–Crippen MR) is 102 cm³/mol. The van der Waals surface area contributed by atoms with Crippen molar-refractivity contribution in [2.45, 2.75) is 39.7 Å². The fourth-order valence-corrected chi connectivity index (χ4v) is 3.63. The number of benzene rings is 2. The first-order chi connectivity index (χ1) is 11.3. The fraction of sp³-hybridized carbons (Fsp3) is 0.286. The van der Waals surface area contributed by atoms with E-state index in [1.54, 1.807) is 0 Å². The zero-order valence-electron chi connectivity index (χ0n) is 14.6. The van der Waals surface area contributed by atoms with Gasteiger partial charge in [0.05, 0.1) is 6.54 Å². The molecule has 0 aliphatic heterocycles. The van der Waals surface area contributed by atoms with Crippen LogP contribution >= 0.6 is 11.6 Å². The van der Waals surface area contributed by atoms with Crippen LogP contribution in [0.15, 0.2) is 42.5 Å². The number of hydrogen-bond donors (Lipinski definition) is 0. The number of aromatic nitrogens is 1. The van der Waals surface area contributed by atoms with Gasteiger partial charge in [0.25, 0.3) is 0 Å². The van der Waals surface area contributed by atoms with Crippen LogP contribution in [-0.2, 0) is 16.8 Å². The average Bonchev–Trinajstić information content (AvgIpc) is 2.78. The van der Waals surface area contributed by atoms with Gasteiger partial charge in [-0.2, -0.15) is 0 Å². The van der Waals surface area contributed by atoms with E-state index >= 15 is 0 Å². The molecule has 2 nitrogen and oxygen atoms in total. The Labute approximate surface area is 148 Å². The molecule has 3 aromatic rings. The third-order valence-corrected chi connectivity index (χ3v) is 4.78. The first kappa shape index (κ1) is 16.8. The highest BCUT2D eigenvalue weighted by molar-refractivity contribution is 6.31. The molecule has 0 amide bonds. The molecular weight excluding hydrogens is 318 g/mol. The minimum Gasteiger partial charge on any atom is -0.337 e. The summed E-state index contributed by atoms with van der Waals surface area (Å²) in [5, 5.41) is 1.80. The van der Waals surface area contributed by atoms with E-state index in [9.17, 15) is 4.79 Å². The summed E-state index contributed by atoms with van der Waals surface area (Å²) < 4.78 is 2.06. The zero-order chi connectivity index (χ0) is 17.5. The molecule has 2 aromatic carbocycles. The molecule has 3 rings (SSSR count). The second kappa shape index (κ2) is 6.10. The molecule has 0 atom stereocenters. The van der Waals surface area contributed by atoms with Crippen LogP contribution in [0.1, 0.15) is 32.0 Å². The molecule has 3 heteroatoms. The number of hydrogen-bond acceptors (Lipinski definition) is 1. The Kier molecular flexibility index (Phi) is 4.27. The number of rotatable bonds is 3. The Bertz CT molecular complexity index is 915. The van der Waals surface area contributed by atoms with Crippen molar-refractivity contribution in [2.24, 2.45) is 0 Å². The van der Waals surface area contributed by atoms with Crippen molar-refractivity contribution in [1.29, 1.82) is 0 Å². The van der Waals surface area contributed by atoms with Gasteiger partial charge in [0.2, 0.25) is 0 Å². The van der Waals surface area contributed by atoms with E-state index < -0.39 is 0 Å². The standard InChI is InChI=1S/C21H22ClNO/c1-14-20(16-7-5-6-8-18(16)21(2,3)4)17-13-15(22)9-10-19(17)23(14)11-12-24/h5-10,12-13H,11H2,1-4H3. The number of fused-ring (bicyclic) bond motifs is 1. The van der Waals surface area contributed by atoms with Gasteiger partial charge in [-0.15, -0.1) is 0 Å². The van der Waals surface area contributed by atoms with Gasteiger partial charge in [-0.1, -0.05) is 56.6 Å². The smallest absolute Gasteiger partial charge is 0.139 e. The maximum atomic E-state index is 11.2. The summed E-state index contributed by atoms with van der Waals surface area (Å²) in [5.74, 6) is 0. The molecule has 0 bridgehead atoms. The maximum absolute atomic E-state index is 11.2. The van der Waals surface area contributed by atoms with Gasteiger partial charge in [0.15, 0.2) is 0 Å². The molecule has 0 N–H and O–H groups in total. The Hall–Kier alpha value is -2.06. The minimum atomic E-state index is 0.0285. The third kappa shape index (κ3) is 2.76. The van der Waals surface area contributed by atoms with Crippen LogP contribution < -0.4 is 0 Å². The van der Waals surface area contributed by atoms with Crippen LogP contribution in [-0.4, -0.2) is 10.9 Å². The predicted octanol–water partition coefficient (Wildman–Crippen LogP) is 5.77. The summed E-state index contributed by atoms with van der Waals surface area (Å²) in [5.41, 5.74) is 5.83. The SMILES string of the molecule is Cc1c(-c2ccccc2C(C)(C)C)c2cc(Cl)ccc2n1CC=O. The highest BCUT2D eigenvalue weighted by Gasteiger charge is 2.23. The lowest BCUT2D eigenvalue weighted by molar-refractivity contribution is -0.108. The number of halogens is 1. The van der Waals surface area contributed by atoms with Crippen LogP contribution in [0, 0.1) is 6.92 Å². The van der Waals surface area contributed by atoms with Gasteiger partial charge in [-0.3, -0.25) is 0 Å². The van der Waals surface area contributed by atoms with Crippen molar-refractivity contribution in [3.63, 3.8) is 0 Å². The van der Waals surface area contributed by atoms with E-state index in [0.29, 0.717) is 11.6 Å². The van der Waals surface area contributed by atoms with Crippen LogP contribution in [0.2, 0.25) is 5.02 Å². The molecule has 0 unspecified atom stereocenters. The van der Waals surface area contributed by atoms with E-state index in [1.165, 1.54) is 16.7 Å². The molecule has 0 saturated heterocycles. The number of carbonyl (C=O) groups is 1. The number of nitrogens with zero attached hydrogens (tertiary/aromatic N) is 1. The summed E-state index contributed by atoms with van der Waals surface area (Å²) >= 11 is 6.27. The van der Waals surface area contributed by atoms with Crippen molar-refractivity contribution in [3.8, 4) is 11.1 Å². The van der Waals surface area contributed by atoms with Crippen molar-refractivity contribution >= 4 is 28.8 Å². The highest BCUT2D eigenvalue weighted by atomic mass is 35.5. The molecule has 0 aliphatic rings. The van der Waals surface area contributed by atoms with Gasteiger partial charge in [-0.25, -0.2) is 0 Å². The second-order valence-corrected chi connectivity index (χ2v) is 7.63. The number of carbonyl (C=O) groups excluding carboxylic acids is 1. The molecule has 0 radical (unpaired) electrons. The van der Waals surface area contributed by atoms with Gasteiger partial charge < -0.3 is 9.36 Å². The summed E-state index contributed by atoms with van der Waals surface area (Å²) in [6, 6.07) is 14.4. The van der Waals surface area contributed by atoms with E-state index in [1.807, 2.05) is 18.2 Å². The molecule has 1 heterocycles. The van der Waals surface area contributed by atoms with Gasteiger partial charge in [-0.05, 0) is 41.7 Å². The van der Waals surface area contributed by atoms with Gasteiger partial charge in [0.1, 0.15) is 6.29 Å². The molecule has 0 fully saturated rings. The Morgan fingerprint density at radius 3 is 2.50 bits per heavy atom.